The van der Waals surface area contributed by atoms with Crippen molar-refractivity contribution >= 4 is 66.6 Å². The van der Waals surface area contributed by atoms with Gasteiger partial charge in [0, 0.05) is 45.3 Å². The van der Waals surface area contributed by atoms with Crippen LogP contribution in [0.5, 0.6) is 28.7 Å². The van der Waals surface area contributed by atoms with Crippen LogP contribution in [0.3, 0.4) is 0 Å². The molecule has 0 bridgehead atoms. The molecule has 9 rings (SSSR count). The van der Waals surface area contributed by atoms with Gasteiger partial charge in [-0.15, -0.1) is 0 Å². The molecule has 0 unspecified atom stereocenters. The molecule has 366 valence electrons. The smallest absolute Gasteiger partial charge is 1.00 e. The number of fused-ring (bicyclic) bond motifs is 4. The van der Waals surface area contributed by atoms with E-state index in [4.69, 9.17) is 18.0 Å². The molecule has 0 amide bonds. The largest absolute Gasteiger partial charge is 2.00 e. The molecule has 6 aromatic rings. The summed E-state index contributed by atoms with van der Waals surface area (Å²) in [4.78, 5) is 11.7. The molecule has 2 aliphatic heterocycles. The number of rotatable bonds is 6. The van der Waals surface area contributed by atoms with E-state index < -0.39 is 22.2 Å². The van der Waals surface area contributed by atoms with E-state index >= 15 is 5.11 Å². The van der Waals surface area contributed by atoms with Gasteiger partial charge in [-0.05, 0) is 144 Å². The monoisotopic (exact) mass is 1120 g/mol. The third-order valence-corrected chi connectivity index (χ3v) is 23.5. The van der Waals surface area contributed by atoms with Gasteiger partial charge >= 0.3 is 23.1 Å². The number of hydrogen-bond acceptors (Lipinski definition) is 7. The molecule has 0 saturated heterocycles. The summed E-state index contributed by atoms with van der Waals surface area (Å²) in [6.07, 6.45) is 0. The second kappa shape index (κ2) is 22.2. The summed E-state index contributed by atoms with van der Waals surface area (Å²) < 4.78 is 26.7. The van der Waals surface area contributed by atoms with Crippen molar-refractivity contribution < 1.29 is 45.2 Å². The van der Waals surface area contributed by atoms with Crippen molar-refractivity contribution in [2.75, 3.05) is 0 Å². The molecule has 0 radical (unpaired) electrons. The average molecular weight is 1130 g/mol. The minimum atomic E-state index is -2.07. The number of ether oxygens (including phenoxy) is 1. The molecule has 3 aliphatic rings. The zero-order chi connectivity index (χ0) is 50.3. The summed E-state index contributed by atoms with van der Waals surface area (Å²) in [5.41, 5.74) is 7.11. The molecule has 0 aromatic heterocycles. The minimum Gasteiger partial charge on any atom is -1.00 e. The van der Waals surface area contributed by atoms with Crippen molar-refractivity contribution in [3.05, 3.63) is 194 Å². The first-order chi connectivity index (χ1) is 32.3. The Balaban J connectivity index is 0.000000239. The van der Waals surface area contributed by atoms with Crippen LogP contribution >= 0.6 is 15.9 Å². The second-order valence-electron chi connectivity index (χ2n) is 21.0. The van der Waals surface area contributed by atoms with Crippen molar-refractivity contribution in [3.63, 3.8) is 0 Å². The van der Waals surface area contributed by atoms with Gasteiger partial charge in [-0.3, -0.25) is 4.79 Å². The Hall–Kier alpha value is -4.67. The molecule has 1 aliphatic carbocycles. The number of aromatic hydroxyl groups is 1. The van der Waals surface area contributed by atoms with Gasteiger partial charge < -0.3 is 45.2 Å². The molecule has 12 heteroatoms. The number of benzene rings is 7. The number of phenolic OH excluding ortho intramolecular Hbond substituents is 1. The second-order valence-corrected chi connectivity index (χ2v) is 31.3. The van der Waals surface area contributed by atoms with E-state index in [1.165, 1.54) is 16.1 Å². The fourth-order valence-corrected chi connectivity index (χ4v) is 10.2. The summed E-state index contributed by atoms with van der Waals surface area (Å²) >= 11 is 3.40. The first-order valence-electron chi connectivity index (χ1n) is 23.4. The minimum absolute atomic E-state index is 0. The molecule has 7 nitrogen and oxygen atoms in total. The topological polar surface area (TPSA) is 101 Å². The van der Waals surface area contributed by atoms with Gasteiger partial charge in [0.2, 0.25) is 16.6 Å². The van der Waals surface area contributed by atoms with Crippen molar-refractivity contribution in [3.8, 4) is 51.2 Å². The van der Waals surface area contributed by atoms with Crippen LogP contribution in [-0.4, -0.2) is 44.8 Å². The first kappa shape index (κ1) is 57.2. The summed E-state index contributed by atoms with van der Waals surface area (Å²) in [6.45, 7) is 28.3. The van der Waals surface area contributed by atoms with Crippen LogP contribution in [-0.2, 0) is 5.60 Å². The maximum atomic E-state index is 15.2. The molecular weight excluding hydrogens is 1060 g/mol. The zero-order valence-electron chi connectivity index (χ0n) is 43.2. The van der Waals surface area contributed by atoms with E-state index in [2.05, 4.69) is 116 Å². The van der Waals surface area contributed by atoms with Gasteiger partial charge in [0.05, 0.1) is 0 Å². The Morgan fingerprint density at radius 3 is 1.59 bits per heavy atom. The first-order valence-corrected chi connectivity index (χ1v) is 30.0. The van der Waals surface area contributed by atoms with E-state index in [1.807, 2.05) is 104 Å². The number of halogens is 2. The third-order valence-electron chi connectivity index (χ3n) is 13.9. The van der Waals surface area contributed by atoms with Gasteiger partial charge in [0.15, 0.2) is 5.43 Å². The normalized spacial score (nSPS) is 12.8. The maximum absolute atomic E-state index is 15.2. The Morgan fingerprint density at radius 2 is 1.10 bits per heavy atom. The van der Waals surface area contributed by atoms with Gasteiger partial charge in [-0.2, -0.15) is 0 Å². The van der Waals surface area contributed by atoms with E-state index in [1.54, 1.807) is 24.3 Å². The van der Waals surface area contributed by atoms with Crippen molar-refractivity contribution in [1.29, 1.82) is 0 Å². The molecule has 0 spiro atoms. The van der Waals surface area contributed by atoms with Crippen molar-refractivity contribution in [1.82, 2.24) is 0 Å². The van der Waals surface area contributed by atoms with Gasteiger partial charge in [-0.25, -0.2) is 0 Å². The van der Waals surface area contributed by atoms with Crippen LogP contribution in [0.25, 0.3) is 33.4 Å². The molecule has 0 atom stereocenters. The Bertz CT molecular complexity index is 3090. The third kappa shape index (κ3) is 12.2. The predicted octanol–water partition coefficient (Wildman–Crippen LogP) is 12.5. The standard InChI is InChI=1S/C32H43O4Si2.C20H14O3.C7H7Br.BrH.Mg/c1-22-14-12-13-15-25(22)32(33)26-18-16-23(35-37(8,9)30(2,3)4)20-28(26)34-29-21-24(17-19-27(29)32)36-38(10,11)31(5,6)7;1-12-4-2-3-5-15(12)20-16-8-6-13(21)10-18(16)23-19-11-14(22)7-9-17(19)20;1-6-4-2-3-5-7(6)8;;/h12-21H,1-11H3;2-11,21H,1H3;2-5H,1H3;1H;/q-1;;;;+2/p-1. The molecule has 6 aromatic carbocycles. The predicted molar refractivity (Wildman–Crippen MR) is 295 cm³/mol. The van der Waals surface area contributed by atoms with Gasteiger partial charge in [-0.1, -0.05) is 136 Å². The fraction of sp³-hybridized carbons (Fsp3) is 0.271. The summed E-state index contributed by atoms with van der Waals surface area (Å²) in [5, 5.41) is 25.9. The Morgan fingerprint density at radius 1 is 0.592 bits per heavy atom. The maximum Gasteiger partial charge on any atom is 2.00 e. The summed E-state index contributed by atoms with van der Waals surface area (Å²) in [5.74, 6) is 3.20. The quantitative estimate of drug-likeness (QED) is 0.131. The van der Waals surface area contributed by atoms with Crippen LogP contribution < -0.4 is 41.1 Å². The summed E-state index contributed by atoms with van der Waals surface area (Å²) in [6, 6.07) is 45.4. The number of phenols is 1. The molecule has 0 fully saturated rings. The van der Waals surface area contributed by atoms with Crippen LogP contribution in [0.1, 0.15) is 74.9 Å². The molecular formula is C59H64Br2MgO7Si2. The Labute approximate surface area is 457 Å². The molecule has 1 N–H and O–H groups in total. The van der Waals surface area contributed by atoms with E-state index in [0.717, 1.165) is 50.3 Å². The Kier molecular flexibility index (Phi) is 17.9. The molecule has 2 heterocycles. The van der Waals surface area contributed by atoms with Crippen LogP contribution in [0.15, 0.2) is 159 Å². The van der Waals surface area contributed by atoms with E-state index in [9.17, 15) is 9.90 Å². The van der Waals surface area contributed by atoms with Crippen LogP contribution in [0, 0.1) is 20.8 Å². The van der Waals surface area contributed by atoms with E-state index in [0.29, 0.717) is 34.0 Å². The summed E-state index contributed by atoms with van der Waals surface area (Å²) in [7, 11) is -4.15. The SMILES string of the molecule is Cc1ccccc1-c1c2ccc(=O)cc-2oc2cc(O)ccc12.Cc1ccccc1Br.Cc1ccccc1C1([O-])c2ccc(O[Si](C)(C)C(C)(C)C)cc2Oc2cc(O[Si](C)(C)C(C)(C)C)ccc21.[Br-].[Mg+2]. The fourth-order valence-electron chi connectivity index (χ4n) is 7.85. The van der Waals surface area contributed by atoms with Crippen molar-refractivity contribution in [2.24, 2.45) is 0 Å². The molecule has 0 saturated carbocycles. The van der Waals surface area contributed by atoms with E-state index in [-0.39, 0.29) is 61.3 Å². The number of hydrogen-bond donors (Lipinski definition) is 1. The molecule has 71 heavy (non-hydrogen) atoms. The van der Waals surface area contributed by atoms with Crippen LogP contribution in [0.4, 0.5) is 0 Å². The van der Waals surface area contributed by atoms with Crippen LogP contribution in [0.2, 0.25) is 36.3 Å². The zero-order valence-corrected chi connectivity index (χ0v) is 49.8. The van der Waals surface area contributed by atoms with Gasteiger partial charge in [0.1, 0.15) is 40.1 Å². The number of aryl methyl sites for hydroxylation is 3. The van der Waals surface area contributed by atoms with Gasteiger partial charge in [0.25, 0.3) is 0 Å². The van der Waals surface area contributed by atoms with Crippen molar-refractivity contribution in [2.45, 2.75) is 104 Å². The average Bonchev–Trinajstić information content (AvgIpc) is 3.26.